The van der Waals surface area contributed by atoms with Crippen molar-refractivity contribution in [3.8, 4) is 0 Å². The number of imidazole rings is 1. The van der Waals surface area contributed by atoms with Crippen LogP contribution in [0.5, 0.6) is 0 Å². The van der Waals surface area contributed by atoms with Crippen LogP contribution in [0.25, 0.3) is 11.0 Å². The molecule has 184 valence electrons. The zero-order chi connectivity index (χ0) is 23.8. The van der Waals surface area contributed by atoms with Crippen molar-refractivity contribution < 1.29 is 4.79 Å². The highest BCUT2D eigenvalue weighted by molar-refractivity contribution is 5.97. The molecule has 1 aliphatic heterocycles. The predicted octanol–water partition coefficient (Wildman–Crippen LogP) is 6.25. The highest BCUT2D eigenvalue weighted by atomic mass is 16.2. The summed E-state index contributed by atoms with van der Waals surface area (Å²) >= 11 is 0. The fraction of sp³-hybridized carbons (Fsp3) is 0.714. The lowest BCUT2D eigenvalue weighted by Crippen LogP contribution is -2.33. The number of carbonyl (C=O) groups excluding carboxylic acids is 1. The Morgan fingerprint density at radius 3 is 2.24 bits per heavy atom. The Morgan fingerprint density at radius 1 is 0.970 bits per heavy atom. The van der Waals surface area contributed by atoms with Gasteiger partial charge >= 0.3 is 0 Å². The molecule has 0 saturated carbocycles. The number of likely N-dealkylation sites (tertiary alicyclic amines) is 1. The largest absolute Gasteiger partial charge is 0.339 e. The van der Waals surface area contributed by atoms with Gasteiger partial charge in [0.2, 0.25) is 0 Å². The summed E-state index contributed by atoms with van der Waals surface area (Å²) in [5.74, 6) is 1.28. The molecule has 2 aromatic rings. The Hall–Kier alpha value is -1.88. The first-order chi connectivity index (χ1) is 15.8. The maximum Gasteiger partial charge on any atom is 0.253 e. The minimum absolute atomic E-state index is 0.0391. The second-order valence-electron chi connectivity index (χ2n) is 10.8. The van der Waals surface area contributed by atoms with Crippen LogP contribution in [-0.4, -0.2) is 58.0 Å². The van der Waals surface area contributed by atoms with Gasteiger partial charge in [0.15, 0.2) is 0 Å². The molecule has 1 saturated heterocycles. The van der Waals surface area contributed by atoms with Crippen LogP contribution >= 0.6 is 0 Å². The number of nitrogens with zero attached hydrogens (tertiary/aromatic N) is 4. The lowest BCUT2D eigenvalue weighted by atomic mass is 9.95. The SMILES string of the molecule is CCCCN(CCCC)C(=O)c1ccc2nc(C(C)(C)C)n(CCCN3CCCCC3)c2c1. The Kier molecular flexibility index (Phi) is 9.37. The summed E-state index contributed by atoms with van der Waals surface area (Å²) in [5.41, 5.74) is 2.87. The Balaban J connectivity index is 1.86. The lowest BCUT2D eigenvalue weighted by molar-refractivity contribution is 0.0751. The summed E-state index contributed by atoms with van der Waals surface area (Å²) in [5, 5.41) is 0. The maximum absolute atomic E-state index is 13.4. The molecule has 0 spiro atoms. The normalized spacial score (nSPS) is 15.3. The molecule has 0 atom stereocenters. The number of hydrogen-bond donors (Lipinski definition) is 0. The topological polar surface area (TPSA) is 41.4 Å². The molecular formula is C28H46N4O. The summed E-state index contributed by atoms with van der Waals surface area (Å²) in [6.45, 7) is 17.3. The third kappa shape index (κ3) is 6.81. The third-order valence-corrected chi connectivity index (χ3v) is 6.82. The molecule has 2 heterocycles. The molecular weight excluding hydrogens is 408 g/mol. The molecule has 33 heavy (non-hydrogen) atoms. The van der Waals surface area contributed by atoms with E-state index < -0.39 is 0 Å². The summed E-state index contributed by atoms with van der Waals surface area (Å²) in [7, 11) is 0. The van der Waals surface area contributed by atoms with E-state index in [0.29, 0.717) is 0 Å². The molecule has 0 bridgehead atoms. The van der Waals surface area contributed by atoms with Crippen molar-refractivity contribution >= 4 is 16.9 Å². The zero-order valence-electron chi connectivity index (χ0n) is 21.8. The summed E-state index contributed by atoms with van der Waals surface area (Å²) in [6.07, 6.45) is 9.48. The van der Waals surface area contributed by atoms with Crippen molar-refractivity contribution in [3.05, 3.63) is 29.6 Å². The van der Waals surface area contributed by atoms with Gasteiger partial charge in [0.1, 0.15) is 5.82 Å². The van der Waals surface area contributed by atoms with Gasteiger partial charge in [0.25, 0.3) is 5.91 Å². The molecule has 1 aliphatic rings. The number of benzene rings is 1. The highest BCUT2D eigenvalue weighted by Crippen LogP contribution is 2.28. The Morgan fingerprint density at radius 2 is 1.64 bits per heavy atom. The number of unbranched alkanes of at least 4 members (excludes halogenated alkanes) is 2. The molecule has 0 radical (unpaired) electrons. The van der Waals surface area contributed by atoms with E-state index in [9.17, 15) is 4.79 Å². The number of hydrogen-bond acceptors (Lipinski definition) is 3. The van der Waals surface area contributed by atoms with E-state index in [1.807, 2.05) is 6.07 Å². The number of carbonyl (C=O) groups is 1. The number of piperidine rings is 1. The molecule has 1 amide bonds. The Labute approximate surface area is 201 Å². The number of fused-ring (bicyclic) bond motifs is 1. The monoisotopic (exact) mass is 454 g/mol. The zero-order valence-corrected chi connectivity index (χ0v) is 21.8. The van der Waals surface area contributed by atoms with E-state index >= 15 is 0 Å². The van der Waals surface area contributed by atoms with Crippen LogP contribution in [0.3, 0.4) is 0 Å². The van der Waals surface area contributed by atoms with Crippen LogP contribution in [0.2, 0.25) is 0 Å². The van der Waals surface area contributed by atoms with Gasteiger partial charge in [-0.05, 0) is 69.9 Å². The predicted molar refractivity (Wildman–Crippen MR) is 139 cm³/mol. The number of aryl methyl sites for hydroxylation is 1. The third-order valence-electron chi connectivity index (χ3n) is 6.82. The van der Waals surface area contributed by atoms with Gasteiger partial charge in [-0.3, -0.25) is 4.79 Å². The highest BCUT2D eigenvalue weighted by Gasteiger charge is 2.24. The Bertz CT molecular complexity index is 881. The van der Waals surface area contributed by atoms with Gasteiger partial charge in [-0.25, -0.2) is 4.98 Å². The van der Waals surface area contributed by atoms with Gasteiger partial charge in [0, 0.05) is 30.6 Å². The van der Waals surface area contributed by atoms with Gasteiger partial charge in [0.05, 0.1) is 11.0 Å². The molecule has 1 aromatic carbocycles. The van der Waals surface area contributed by atoms with Crippen molar-refractivity contribution in [1.82, 2.24) is 19.4 Å². The smallest absolute Gasteiger partial charge is 0.253 e. The standard InChI is InChI=1S/C28H46N4O/c1-6-8-19-31(20-9-7-2)26(33)23-14-15-24-25(22-23)32(27(29-24)28(3,4)5)21-13-18-30-16-11-10-12-17-30/h14-15,22H,6-13,16-21H2,1-5H3. The van der Waals surface area contributed by atoms with Gasteiger partial charge in [-0.15, -0.1) is 0 Å². The first-order valence-corrected chi connectivity index (χ1v) is 13.4. The fourth-order valence-corrected chi connectivity index (χ4v) is 4.89. The molecule has 0 N–H and O–H groups in total. The fourth-order valence-electron chi connectivity index (χ4n) is 4.89. The average Bonchev–Trinajstić information content (AvgIpc) is 3.18. The molecule has 0 aliphatic carbocycles. The molecule has 0 unspecified atom stereocenters. The quantitative estimate of drug-likeness (QED) is 0.403. The van der Waals surface area contributed by atoms with E-state index in [4.69, 9.17) is 4.98 Å². The van der Waals surface area contributed by atoms with Gasteiger partial charge in [-0.1, -0.05) is 53.9 Å². The van der Waals surface area contributed by atoms with Crippen LogP contribution in [0, 0.1) is 0 Å². The summed E-state index contributed by atoms with van der Waals surface area (Å²) in [4.78, 5) is 23.1. The first-order valence-electron chi connectivity index (χ1n) is 13.4. The molecule has 5 heteroatoms. The average molecular weight is 455 g/mol. The van der Waals surface area contributed by atoms with Crippen LogP contribution in [0.15, 0.2) is 18.2 Å². The number of rotatable bonds is 11. The van der Waals surface area contributed by atoms with E-state index in [1.54, 1.807) is 0 Å². The van der Waals surface area contributed by atoms with Crippen molar-refractivity contribution in [3.63, 3.8) is 0 Å². The minimum Gasteiger partial charge on any atom is -0.339 e. The summed E-state index contributed by atoms with van der Waals surface area (Å²) < 4.78 is 2.39. The molecule has 5 nitrogen and oxygen atoms in total. The van der Waals surface area contributed by atoms with E-state index in [2.05, 4.69) is 61.1 Å². The van der Waals surface area contributed by atoms with Crippen molar-refractivity contribution in [2.24, 2.45) is 0 Å². The van der Waals surface area contributed by atoms with Crippen molar-refractivity contribution in [2.75, 3.05) is 32.7 Å². The number of aromatic nitrogens is 2. The number of amides is 1. The van der Waals surface area contributed by atoms with Crippen LogP contribution in [-0.2, 0) is 12.0 Å². The summed E-state index contributed by atoms with van der Waals surface area (Å²) in [6, 6.07) is 6.13. The van der Waals surface area contributed by atoms with E-state index in [0.717, 1.165) is 80.7 Å². The van der Waals surface area contributed by atoms with Crippen molar-refractivity contribution in [2.45, 2.75) is 97.9 Å². The second kappa shape index (κ2) is 12.0. The molecule has 1 fully saturated rings. The molecule has 3 rings (SSSR count). The second-order valence-corrected chi connectivity index (χ2v) is 10.8. The van der Waals surface area contributed by atoms with Crippen LogP contribution in [0.1, 0.15) is 102 Å². The minimum atomic E-state index is -0.0391. The van der Waals surface area contributed by atoms with Crippen molar-refractivity contribution in [1.29, 1.82) is 0 Å². The van der Waals surface area contributed by atoms with E-state index in [1.165, 1.54) is 32.4 Å². The maximum atomic E-state index is 13.4. The van der Waals surface area contributed by atoms with Gasteiger partial charge < -0.3 is 14.4 Å². The molecule has 1 aromatic heterocycles. The van der Waals surface area contributed by atoms with Gasteiger partial charge in [-0.2, -0.15) is 0 Å². The van der Waals surface area contributed by atoms with Crippen LogP contribution in [0.4, 0.5) is 0 Å². The lowest BCUT2D eigenvalue weighted by Gasteiger charge is -2.27. The first kappa shape index (κ1) is 25.7. The van der Waals surface area contributed by atoms with E-state index in [-0.39, 0.29) is 11.3 Å². The van der Waals surface area contributed by atoms with Crippen LogP contribution < -0.4 is 0 Å².